The molecule has 0 radical (unpaired) electrons. The van der Waals surface area contributed by atoms with Crippen molar-refractivity contribution >= 4 is 5.91 Å². The number of benzene rings is 2. The fourth-order valence-electron chi connectivity index (χ4n) is 2.50. The number of methoxy groups -OCH3 is 5. The lowest BCUT2D eigenvalue weighted by atomic mass is 10.1. The summed E-state index contributed by atoms with van der Waals surface area (Å²) in [6, 6.07) is 8.59. The van der Waals surface area contributed by atoms with E-state index in [1.807, 2.05) is 0 Å². The molecule has 0 aliphatic rings. The van der Waals surface area contributed by atoms with Gasteiger partial charge in [-0.1, -0.05) is 0 Å². The minimum Gasteiger partial charge on any atom is -0.497 e. The molecule has 7 nitrogen and oxygen atoms in total. The van der Waals surface area contributed by atoms with E-state index in [1.54, 1.807) is 51.7 Å². The highest BCUT2D eigenvalue weighted by Gasteiger charge is 2.16. The molecule has 0 unspecified atom stereocenters. The van der Waals surface area contributed by atoms with E-state index in [-0.39, 0.29) is 12.5 Å². The first kappa shape index (κ1) is 19.2. The second-order valence-corrected chi connectivity index (χ2v) is 5.28. The topological polar surface area (TPSA) is 75.3 Å². The van der Waals surface area contributed by atoms with Gasteiger partial charge >= 0.3 is 0 Å². The highest BCUT2D eigenvalue weighted by molar-refractivity contribution is 5.97. The molecule has 0 aromatic heterocycles. The maximum atomic E-state index is 12.5. The second kappa shape index (κ2) is 8.84. The van der Waals surface area contributed by atoms with Gasteiger partial charge in [0.25, 0.3) is 5.91 Å². The lowest BCUT2D eigenvalue weighted by molar-refractivity contribution is 0.0947. The predicted molar refractivity (Wildman–Crippen MR) is 96.8 cm³/mol. The van der Waals surface area contributed by atoms with Crippen LogP contribution in [0.25, 0.3) is 0 Å². The third-order valence-corrected chi connectivity index (χ3v) is 3.83. The zero-order valence-electron chi connectivity index (χ0n) is 15.5. The second-order valence-electron chi connectivity index (χ2n) is 5.28. The van der Waals surface area contributed by atoms with Gasteiger partial charge < -0.3 is 29.0 Å². The molecular weight excluding hydrogens is 338 g/mol. The van der Waals surface area contributed by atoms with Crippen LogP contribution in [0.2, 0.25) is 0 Å². The van der Waals surface area contributed by atoms with Crippen LogP contribution >= 0.6 is 0 Å². The van der Waals surface area contributed by atoms with Crippen molar-refractivity contribution < 1.29 is 28.5 Å². The van der Waals surface area contributed by atoms with E-state index in [1.165, 1.54) is 14.2 Å². The van der Waals surface area contributed by atoms with E-state index >= 15 is 0 Å². The van der Waals surface area contributed by atoms with Crippen molar-refractivity contribution in [2.75, 3.05) is 35.5 Å². The Morgan fingerprint density at radius 2 is 1.42 bits per heavy atom. The Kier molecular flexibility index (Phi) is 6.54. The van der Waals surface area contributed by atoms with E-state index in [9.17, 15) is 4.79 Å². The third kappa shape index (κ3) is 4.11. The minimum atomic E-state index is -0.266. The number of amides is 1. The molecule has 0 spiro atoms. The maximum absolute atomic E-state index is 12.5. The summed E-state index contributed by atoms with van der Waals surface area (Å²) in [5.41, 5.74) is 1.22. The Morgan fingerprint density at radius 1 is 0.808 bits per heavy atom. The Balaban J connectivity index is 2.19. The van der Waals surface area contributed by atoms with Gasteiger partial charge in [-0.2, -0.15) is 0 Å². The Morgan fingerprint density at radius 3 is 1.92 bits per heavy atom. The SMILES string of the molecule is COc1ccc(C(=O)NCc2cc(OC)c(OC)c(OC)c2)c(OC)c1. The fraction of sp³-hybridized carbons (Fsp3) is 0.316. The zero-order chi connectivity index (χ0) is 19.1. The molecule has 0 saturated heterocycles. The fourth-order valence-corrected chi connectivity index (χ4v) is 2.50. The van der Waals surface area contributed by atoms with E-state index in [4.69, 9.17) is 23.7 Å². The molecular formula is C19H23NO6. The van der Waals surface area contributed by atoms with Gasteiger partial charge in [0.05, 0.1) is 41.1 Å². The van der Waals surface area contributed by atoms with Gasteiger partial charge in [0.2, 0.25) is 5.75 Å². The number of ether oxygens (including phenoxy) is 5. The van der Waals surface area contributed by atoms with Gasteiger partial charge in [-0.15, -0.1) is 0 Å². The molecule has 0 aliphatic heterocycles. The quantitative estimate of drug-likeness (QED) is 0.779. The average molecular weight is 361 g/mol. The van der Waals surface area contributed by atoms with Crippen LogP contribution in [0.3, 0.4) is 0 Å². The molecule has 0 bridgehead atoms. The van der Waals surface area contributed by atoms with Crippen molar-refractivity contribution in [2.45, 2.75) is 6.54 Å². The monoisotopic (exact) mass is 361 g/mol. The summed E-state index contributed by atoms with van der Waals surface area (Å²) in [6.07, 6.45) is 0. The zero-order valence-corrected chi connectivity index (χ0v) is 15.5. The summed E-state index contributed by atoms with van der Waals surface area (Å²) in [7, 11) is 7.69. The van der Waals surface area contributed by atoms with Crippen LogP contribution in [0.1, 0.15) is 15.9 Å². The lowest BCUT2D eigenvalue weighted by Gasteiger charge is -2.15. The number of hydrogen-bond acceptors (Lipinski definition) is 6. The van der Waals surface area contributed by atoms with Gasteiger partial charge in [-0.3, -0.25) is 4.79 Å². The molecule has 2 aromatic rings. The molecule has 26 heavy (non-hydrogen) atoms. The molecule has 0 aliphatic carbocycles. The van der Waals surface area contributed by atoms with Crippen LogP contribution in [0, 0.1) is 0 Å². The molecule has 0 fully saturated rings. The first-order valence-electron chi connectivity index (χ1n) is 7.87. The molecule has 0 saturated carbocycles. The molecule has 2 aromatic carbocycles. The van der Waals surface area contributed by atoms with Crippen molar-refractivity contribution in [1.29, 1.82) is 0 Å². The van der Waals surface area contributed by atoms with E-state index in [0.717, 1.165) is 5.56 Å². The van der Waals surface area contributed by atoms with Gasteiger partial charge in [0.1, 0.15) is 11.5 Å². The van der Waals surface area contributed by atoms with Crippen LogP contribution in [0.5, 0.6) is 28.7 Å². The van der Waals surface area contributed by atoms with Gasteiger partial charge in [0, 0.05) is 12.6 Å². The first-order valence-corrected chi connectivity index (χ1v) is 7.87. The van der Waals surface area contributed by atoms with Crippen LogP contribution in [-0.4, -0.2) is 41.5 Å². The smallest absolute Gasteiger partial charge is 0.255 e. The van der Waals surface area contributed by atoms with Crippen LogP contribution in [0.4, 0.5) is 0 Å². The summed E-state index contributed by atoms with van der Waals surface area (Å²) in [4.78, 5) is 12.5. The number of carbonyl (C=O) groups excluding carboxylic acids is 1. The van der Waals surface area contributed by atoms with Crippen molar-refractivity contribution in [2.24, 2.45) is 0 Å². The molecule has 2 rings (SSSR count). The van der Waals surface area contributed by atoms with Crippen molar-refractivity contribution in [1.82, 2.24) is 5.32 Å². The number of hydrogen-bond donors (Lipinski definition) is 1. The summed E-state index contributed by atoms with van der Waals surface area (Å²) in [6.45, 7) is 0.282. The lowest BCUT2D eigenvalue weighted by Crippen LogP contribution is -2.23. The highest BCUT2D eigenvalue weighted by atomic mass is 16.5. The van der Waals surface area contributed by atoms with Gasteiger partial charge in [-0.25, -0.2) is 0 Å². The van der Waals surface area contributed by atoms with E-state index < -0.39 is 0 Å². The van der Waals surface area contributed by atoms with Crippen molar-refractivity contribution in [3.8, 4) is 28.7 Å². The number of carbonyl (C=O) groups is 1. The Labute approximate surface area is 152 Å². The van der Waals surface area contributed by atoms with E-state index in [2.05, 4.69) is 5.32 Å². The third-order valence-electron chi connectivity index (χ3n) is 3.83. The molecule has 140 valence electrons. The van der Waals surface area contributed by atoms with E-state index in [0.29, 0.717) is 34.3 Å². The van der Waals surface area contributed by atoms with Gasteiger partial charge in [0.15, 0.2) is 11.5 Å². The molecule has 0 atom stereocenters. The molecule has 1 amide bonds. The van der Waals surface area contributed by atoms with Crippen LogP contribution in [-0.2, 0) is 6.54 Å². The molecule has 7 heteroatoms. The normalized spacial score (nSPS) is 10.0. The summed E-state index contributed by atoms with van der Waals surface area (Å²) in [5, 5.41) is 2.86. The van der Waals surface area contributed by atoms with Crippen molar-refractivity contribution in [3.63, 3.8) is 0 Å². The summed E-state index contributed by atoms with van der Waals surface area (Å²) < 4.78 is 26.3. The van der Waals surface area contributed by atoms with Crippen LogP contribution in [0.15, 0.2) is 30.3 Å². The van der Waals surface area contributed by atoms with Crippen LogP contribution < -0.4 is 29.0 Å². The average Bonchev–Trinajstić information content (AvgIpc) is 2.70. The van der Waals surface area contributed by atoms with Gasteiger partial charge in [-0.05, 0) is 29.8 Å². The largest absolute Gasteiger partial charge is 0.497 e. The number of nitrogens with one attached hydrogen (secondary N) is 1. The Bertz CT molecular complexity index is 750. The summed E-state index contributed by atoms with van der Waals surface area (Å²) in [5.74, 6) is 2.34. The molecule has 1 N–H and O–H groups in total. The minimum absolute atomic E-state index is 0.266. The Hall–Kier alpha value is -3.09. The molecule has 0 heterocycles. The maximum Gasteiger partial charge on any atom is 0.255 e. The van der Waals surface area contributed by atoms with Crippen molar-refractivity contribution in [3.05, 3.63) is 41.5 Å². The first-order chi connectivity index (χ1) is 12.6. The standard InChI is InChI=1S/C19H23NO6/c1-22-13-6-7-14(15(10-13)23-2)19(21)20-11-12-8-16(24-3)18(26-5)17(9-12)25-4/h6-10H,11H2,1-5H3,(H,20,21). The predicted octanol–water partition coefficient (Wildman–Crippen LogP) is 2.66. The number of rotatable bonds is 8. The summed E-state index contributed by atoms with van der Waals surface area (Å²) >= 11 is 0. The highest BCUT2D eigenvalue weighted by Crippen LogP contribution is 2.38.